The third kappa shape index (κ3) is 2.26. The van der Waals surface area contributed by atoms with Crippen molar-refractivity contribution in [3.8, 4) is 17.2 Å². The summed E-state index contributed by atoms with van der Waals surface area (Å²) in [6.45, 7) is 1.77. The molecule has 13 heavy (non-hydrogen) atoms. The highest BCUT2D eigenvalue weighted by Gasteiger charge is 2.10. The average molecular weight is 183 g/mol. The third-order valence-corrected chi connectivity index (χ3v) is 1.71. The lowest BCUT2D eigenvalue weighted by atomic mass is 10.1. The number of phenolic OH excluding ortho intramolecular Hbond substituents is 3. The Kier molecular flexibility index (Phi) is 2.63. The van der Waals surface area contributed by atoms with Gasteiger partial charge in [-0.15, -0.1) is 0 Å². The molecule has 5 N–H and O–H groups in total. The summed E-state index contributed by atoms with van der Waals surface area (Å²) in [7, 11) is 0. The van der Waals surface area contributed by atoms with Crippen LogP contribution in [0.15, 0.2) is 12.1 Å². The van der Waals surface area contributed by atoms with E-state index < -0.39 is 0 Å². The van der Waals surface area contributed by atoms with Gasteiger partial charge in [0.25, 0.3) is 0 Å². The molecule has 4 heteroatoms. The summed E-state index contributed by atoms with van der Waals surface area (Å²) in [6, 6.07) is 2.20. The molecule has 1 aromatic rings. The molecule has 1 aromatic carbocycles. The predicted molar refractivity (Wildman–Crippen MR) is 48.8 cm³/mol. The van der Waals surface area contributed by atoms with Gasteiger partial charge in [-0.25, -0.2) is 0 Å². The molecule has 72 valence electrons. The van der Waals surface area contributed by atoms with Crippen molar-refractivity contribution in [3.63, 3.8) is 0 Å². The number of hydrogen-bond acceptors (Lipinski definition) is 4. The number of phenols is 3. The zero-order valence-corrected chi connectivity index (χ0v) is 7.36. The highest BCUT2D eigenvalue weighted by molar-refractivity contribution is 5.48. The van der Waals surface area contributed by atoms with Gasteiger partial charge < -0.3 is 21.1 Å². The first-order valence-electron chi connectivity index (χ1n) is 4.00. The van der Waals surface area contributed by atoms with Crippen molar-refractivity contribution in [2.45, 2.75) is 19.4 Å². The summed E-state index contributed by atoms with van der Waals surface area (Å²) in [5.74, 6) is -0.423. The molecule has 0 unspecified atom stereocenters. The smallest absolute Gasteiger partial charge is 0.126 e. The number of rotatable bonds is 2. The molecule has 0 spiro atoms. The highest BCUT2D eigenvalue weighted by Crippen LogP contribution is 2.32. The van der Waals surface area contributed by atoms with Crippen molar-refractivity contribution in [3.05, 3.63) is 17.7 Å². The molecule has 1 rings (SSSR count). The maximum absolute atomic E-state index is 9.35. The Morgan fingerprint density at radius 2 is 1.69 bits per heavy atom. The Morgan fingerprint density at radius 3 is 2.08 bits per heavy atom. The average Bonchev–Trinajstić information content (AvgIpc) is 1.96. The Hall–Kier alpha value is -1.42. The van der Waals surface area contributed by atoms with Crippen molar-refractivity contribution in [2.24, 2.45) is 5.73 Å². The van der Waals surface area contributed by atoms with Gasteiger partial charge in [0.15, 0.2) is 0 Å². The molecule has 0 amide bonds. The molecule has 0 heterocycles. The summed E-state index contributed by atoms with van der Waals surface area (Å²) in [5.41, 5.74) is 5.88. The lowest BCUT2D eigenvalue weighted by Gasteiger charge is -2.09. The lowest BCUT2D eigenvalue weighted by Crippen LogP contribution is -2.17. The fraction of sp³-hybridized carbons (Fsp3) is 0.333. The number of nitrogens with two attached hydrogens (primary N) is 1. The largest absolute Gasteiger partial charge is 0.508 e. The molecule has 1 atom stereocenters. The summed E-state index contributed by atoms with van der Waals surface area (Å²) in [6.07, 6.45) is 0.373. The zero-order chi connectivity index (χ0) is 10.0. The van der Waals surface area contributed by atoms with Crippen LogP contribution in [-0.2, 0) is 6.42 Å². The van der Waals surface area contributed by atoms with Crippen LogP contribution >= 0.6 is 0 Å². The molecule has 0 aliphatic rings. The first-order valence-corrected chi connectivity index (χ1v) is 4.00. The van der Waals surface area contributed by atoms with Gasteiger partial charge in [-0.2, -0.15) is 0 Å². The molecule has 0 radical (unpaired) electrons. The summed E-state index contributed by atoms with van der Waals surface area (Å²) in [4.78, 5) is 0. The van der Waals surface area contributed by atoms with Gasteiger partial charge in [0.05, 0.1) is 0 Å². The highest BCUT2D eigenvalue weighted by atomic mass is 16.3. The van der Waals surface area contributed by atoms with Crippen LogP contribution in [0.5, 0.6) is 17.2 Å². The maximum atomic E-state index is 9.35. The number of aromatic hydroxyl groups is 3. The van der Waals surface area contributed by atoms with Crippen LogP contribution in [0, 0.1) is 0 Å². The molecule has 0 aliphatic carbocycles. The van der Waals surface area contributed by atoms with Crippen molar-refractivity contribution in [1.29, 1.82) is 0 Å². The molecule has 4 nitrogen and oxygen atoms in total. The lowest BCUT2D eigenvalue weighted by molar-refractivity contribution is 0.416. The minimum atomic E-state index is -0.163. The maximum Gasteiger partial charge on any atom is 0.126 e. The van der Waals surface area contributed by atoms with Crippen LogP contribution in [0.4, 0.5) is 0 Å². The summed E-state index contributed by atoms with van der Waals surface area (Å²) >= 11 is 0. The van der Waals surface area contributed by atoms with E-state index >= 15 is 0 Å². The standard InChI is InChI=1S/C9H13NO3/c1-5(10)2-7-8(12)3-6(11)4-9(7)13/h3-5,11-13H,2,10H2,1H3/t5-/m1/s1. The fourth-order valence-electron chi connectivity index (χ4n) is 1.16. The minimum absolute atomic E-state index is 0.130. The van der Waals surface area contributed by atoms with Gasteiger partial charge in [0.2, 0.25) is 0 Å². The van der Waals surface area contributed by atoms with E-state index in [0.717, 1.165) is 0 Å². The molecule has 0 saturated carbocycles. The van der Waals surface area contributed by atoms with E-state index in [2.05, 4.69) is 0 Å². The fourth-order valence-corrected chi connectivity index (χ4v) is 1.16. The molecule has 0 aromatic heterocycles. The van der Waals surface area contributed by atoms with E-state index in [9.17, 15) is 10.2 Å². The van der Waals surface area contributed by atoms with Gasteiger partial charge >= 0.3 is 0 Å². The van der Waals surface area contributed by atoms with Crippen LogP contribution in [0.1, 0.15) is 12.5 Å². The second kappa shape index (κ2) is 3.53. The number of benzene rings is 1. The Balaban J connectivity index is 3.06. The monoisotopic (exact) mass is 183 g/mol. The molecular formula is C9H13NO3. The van der Waals surface area contributed by atoms with E-state index in [4.69, 9.17) is 10.8 Å². The van der Waals surface area contributed by atoms with Crippen LogP contribution in [0.3, 0.4) is 0 Å². The van der Waals surface area contributed by atoms with E-state index in [0.29, 0.717) is 12.0 Å². The third-order valence-electron chi connectivity index (χ3n) is 1.71. The van der Waals surface area contributed by atoms with E-state index in [1.807, 2.05) is 0 Å². The predicted octanol–water partition coefficient (Wildman–Crippen LogP) is 0.693. The van der Waals surface area contributed by atoms with Crippen molar-refractivity contribution in [2.75, 3.05) is 0 Å². The topological polar surface area (TPSA) is 86.7 Å². The van der Waals surface area contributed by atoms with Crippen LogP contribution in [0.2, 0.25) is 0 Å². The van der Waals surface area contributed by atoms with Gasteiger partial charge in [0, 0.05) is 23.7 Å². The van der Waals surface area contributed by atoms with Gasteiger partial charge in [0.1, 0.15) is 17.2 Å². The van der Waals surface area contributed by atoms with Gasteiger partial charge in [-0.05, 0) is 13.3 Å². The molecule has 0 bridgehead atoms. The number of hydrogen-bond donors (Lipinski definition) is 4. The molecule has 0 aliphatic heterocycles. The van der Waals surface area contributed by atoms with Crippen LogP contribution < -0.4 is 5.73 Å². The Labute approximate surface area is 76.2 Å². The van der Waals surface area contributed by atoms with E-state index in [1.54, 1.807) is 6.92 Å². The normalized spacial score (nSPS) is 12.8. The Morgan fingerprint density at radius 1 is 1.23 bits per heavy atom. The first-order chi connectivity index (χ1) is 6.00. The summed E-state index contributed by atoms with van der Waals surface area (Å²) < 4.78 is 0. The molecular weight excluding hydrogens is 170 g/mol. The van der Waals surface area contributed by atoms with Crippen molar-refractivity contribution in [1.82, 2.24) is 0 Å². The quantitative estimate of drug-likeness (QED) is 0.543. The second-order valence-electron chi connectivity index (χ2n) is 3.14. The van der Waals surface area contributed by atoms with E-state index in [-0.39, 0.29) is 23.3 Å². The molecule has 0 saturated heterocycles. The SMILES string of the molecule is C[C@@H](N)Cc1c(O)cc(O)cc1O. The first kappa shape index (κ1) is 9.67. The van der Waals surface area contributed by atoms with Crippen LogP contribution in [-0.4, -0.2) is 21.4 Å². The summed E-state index contributed by atoms with van der Waals surface area (Å²) in [5, 5.41) is 27.7. The molecule has 0 fully saturated rings. The van der Waals surface area contributed by atoms with E-state index in [1.165, 1.54) is 12.1 Å². The Bertz CT molecular complexity index is 287. The van der Waals surface area contributed by atoms with Crippen molar-refractivity contribution >= 4 is 0 Å². The second-order valence-corrected chi connectivity index (χ2v) is 3.14. The van der Waals surface area contributed by atoms with Gasteiger partial charge in [-0.1, -0.05) is 0 Å². The zero-order valence-electron chi connectivity index (χ0n) is 7.36. The van der Waals surface area contributed by atoms with Crippen LogP contribution in [0.25, 0.3) is 0 Å². The van der Waals surface area contributed by atoms with Gasteiger partial charge in [-0.3, -0.25) is 0 Å². The van der Waals surface area contributed by atoms with Crippen molar-refractivity contribution < 1.29 is 15.3 Å². The minimum Gasteiger partial charge on any atom is -0.508 e.